The molecule has 0 bridgehead atoms. The van der Waals surface area contributed by atoms with E-state index in [1.807, 2.05) is 0 Å². The fourth-order valence-corrected chi connectivity index (χ4v) is 2.34. The highest BCUT2D eigenvalue weighted by molar-refractivity contribution is 9.10. The van der Waals surface area contributed by atoms with Gasteiger partial charge in [-0.15, -0.1) is 0 Å². The fourth-order valence-electron chi connectivity index (χ4n) is 1.83. The van der Waals surface area contributed by atoms with Crippen molar-refractivity contribution in [3.8, 4) is 0 Å². The molecule has 1 atom stereocenters. The maximum atomic E-state index is 13.4. The van der Waals surface area contributed by atoms with Crippen LogP contribution in [0, 0.1) is 5.82 Å². The van der Waals surface area contributed by atoms with Gasteiger partial charge in [-0.1, -0.05) is 15.9 Å². The molecule has 1 aromatic carbocycles. The number of ether oxygens (including phenoxy) is 1. The lowest BCUT2D eigenvalue weighted by Gasteiger charge is -2.11. The van der Waals surface area contributed by atoms with Crippen molar-refractivity contribution in [1.82, 2.24) is 10.7 Å². The zero-order chi connectivity index (χ0) is 14.4. The number of thiocarbonyl (C=S) groups is 1. The third kappa shape index (κ3) is 4.81. The van der Waals surface area contributed by atoms with Crippen molar-refractivity contribution >= 4 is 39.5 Å². The number of halogens is 2. The smallest absolute Gasteiger partial charge is 0.187 e. The normalized spacial score (nSPS) is 18.4. The lowest BCUT2D eigenvalue weighted by Crippen LogP contribution is -2.37. The van der Waals surface area contributed by atoms with E-state index in [0.717, 1.165) is 23.9 Å². The largest absolute Gasteiger partial charge is 0.376 e. The van der Waals surface area contributed by atoms with Gasteiger partial charge >= 0.3 is 0 Å². The molecule has 0 aromatic heterocycles. The van der Waals surface area contributed by atoms with E-state index in [1.54, 1.807) is 12.1 Å². The molecule has 1 saturated heterocycles. The zero-order valence-corrected chi connectivity index (χ0v) is 13.1. The monoisotopic (exact) mass is 359 g/mol. The first-order valence-electron chi connectivity index (χ1n) is 6.29. The maximum absolute atomic E-state index is 13.4. The minimum atomic E-state index is -0.336. The summed E-state index contributed by atoms with van der Waals surface area (Å²) in [6.07, 6.45) is 3.73. The van der Waals surface area contributed by atoms with Crippen LogP contribution in [0.2, 0.25) is 0 Å². The lowest BCUT2D eigenvalue weighted by atomic mass is 10.2. The van der Waals surface area contributed by atoms with Gasteiger partial charge in [-0.25, -0.2) is 4.39 Å². The van der Waals surface area contributed by atoms with Gasteiger partial charge < -0.3 is 10.1 Å². The molecule has 1 fully saturated rings. The van der Waals surface area contributed by atoms with E-state index in [-0.39, 0.29) is 11.9 Å². The maximum Gasteiger partial charge on any atom is 0.187 e. The second-order valence-electron chi connectivity index (χ2n) is 4.38. The molecule has 108 valence electrons. The van der Waals surface area contributed by atoms with E-state index in [1.165, 1.54) is 12.3 Å². The highest BCUT2D eigenvalue weighted by Gasteiger charge is 2.14. The lowest BCUT2D eigenvalue weighted by molar-refractivity contribution is 0.114. The van der Waals surface area contributed by atoms with Crippen LogP contribution in [0.3, 0.4) is 0 Å². The molecule has 2 N–H and O–H groups in total. The van der Waals surface area contributed by atoms with Crippen LogP contribution >= 0.6 is 28.1 Å². The Morgan fingerprint density at radius 2 is 2.45 bits per heavy atom. The first-order valence-corrected chi connectivity index (χ1v) is 7.49. The van der Waals surface area contributed by atoms with Crippen molar-refractivity contribution in [2.45, 2.75) is 18.9 Å². The molecule has 2 rings (SSSR count). The van der Waals surface area contributed by atoms with Crippen LogP contribution in [0.4, 0.5) is 4.39 Å². The third-order valence-corrected chi connectivity index (χ3v) is 3.57. The molecular weight excluding hydrogens is 345 g/mol. The zero-order valence-electron chi connectivity index (χ0n) is 10.7. The number of benzene rings is 1. The molecule has 1 aliphatic rings. The summed E-state index contributed by atoms with van der Waals surface area (Å²) in [5.74, 6) is -0.336. The molecule has 0 saturated carbocycles. The minimum Gasteiger partial charge on any atom is -0.376 e. The summed E-state index contributed by atoms with van der Waals surface area (Å²) >= 11 is 8.35. The SMILES string of the molecule is Fc1ccc(Br)cc1/C=N\NC(=S)NC[C@@H]1CCCO1. The molecule has 0 amide bonds. The third-order valence-electron chi connectivity index (χ3n) is 2.84. The van der Waals surface area contributed by atoms with E-state index in [0.29, 0.717) is 17.2 Å². The van der Waals surface area contributed by atoms with E-state index in [4.69, 9.17) is 17.0 Å². The topological polar surface area (TPSA) is 45.7 Å². The van der Waals surface area contributed by atoms with Gasteiger partial charge in [0, 0.05) is 23.2 Å². The summed E-state index contributed by atoms with van der Waals surface area (Å²) < 4.78 is 19.7. The van der Waals surface area contributed by atoms with E-state index < -0.39 is 0 Å². The van der Waals surface area contributed by atoms with Gasteiger partial charge in [0.25, 0.3) is 0 Å². The predicted octanol–water partition coefficient (Wildman–Crippen LogP) is 2.57. The van der Waals surface area contributed by atoms with Crippen LogP contribution in [0.25, 0.3) is 0 Å². The molecule has 0 radical (unpaired) electrons. The van der Waals surface area contributed by atoms with Gasteiger partial charge in [-0.05, 0) is 43.3 Å². The average Bonchev–Trinajstić information content (AvgIpc) is 2.93. The molecule has 0 aliphatic carbocycles. The van der Waals surface area contributed by atoms with Crippen molar-refractivity contribution in [3.63, 3.8) is 0 Å². The summed E-state index contributed by atoms with van der Waals surface area (Å²) in [6.45, 7) is 1.47. The Morgan fingerprint density at radius 3 is 3.20 bits per heavy atom. The number of hydrogen-bond acceptors (Lipinski definition) is 3. The Labute approximate surface area is 130 Å². The second kappa shape index (κ2) is 7.66. The first-order chi connectivity index (χ1) is 9.65. The number of hydrogen-bond donors (Lipinski definition) is 2. The molecular formula is C13H15BrFN3OS. The van der Waals surface area contributed by atoms with Crippen molar-refractivity contribution in [2.24, 2.45) is 5.10 Å². The Bertz CT molecular complexity index is 506. The van der Waals surface area contributed by atoms with Crippen LogP contribution < -0.4 is 10.7 Å². The van der Waals surface area contributed by atoms with Gasteiger partial charge in [0.15, 0.2) is 5.11 Å². The Kier molecular flexibility index (Phi) is 5.87. The van der Waals surface area contributed by atoms with E-state index >= 15 is 0 Å². The van der Waals surface area contributed by atoms with Crippen LogP contribution in [-0.4, -0.2) is 30.6 Å². The van der Waals surface area contributed by atoms with Gasteiger partial charge in [-0.3, -0.25) is 5.43 Å². The molecule has 20 heavy (non-hydrogen) atoms. The van der Waals surface area contributed by atoms with E-state index in [9.17, 15) is 4.39 Å². The highest BCUT2D eigenvalue weighted by atomic mass is 79.9. The van der Waals surface area contributed by atoms with Crippen LogP contribution in [0.1, 0.15) is 18.4 Å². The van der Waals surface area contributed by atoms with Gasteiger partial charge in [0.1, 0.15) is 5.82 Å². The molecule has 1 aromatic rings. The van der Waals surface area contributed by atoms with Crippen molar-refractivity contribution < 1.29 is 9.13 Å². The standard InChI is InChI=1S/C13H15BrFN3OS/c14-10-3-4-12(15)9(6-10)7-17-18-13(20)16-8-11-2-1-5-19-11/h3-4,6-7,11H,1-2,5,8H2,(H2,16,18,20)/b17-7-/t11-/m0/s1. The Balaban J connectivity index is 1.77. The first kappa shape index (κ1) is 15.3. The molecule has 1 heterocycles. The summed E-state index contributed by atoms with van der Waals surface area (Å²) in [4.78, 5) is 0. The number of rotatable bonds is 4. The van der Waals surface area contributed by atoms with Crippen molar-refractivity contribution in [3.05, 3.63) is 34.1 Å². The quantitative estimate of drug-likeness (QED) is 0.492. The van der Waals surface area contributed by atoms with Crippen molar-refractivity contribution in [2.75, 3.05) is 13.2 Å². The summed E-state index contributed by atoms with van der Waals surface area (Å²) in [5.41, 5.74) is 3.04. The van der Waals surface area contributed by atoms with E-state index in [2.05, 4.69) is 31.8 Å². The molecule has 0 spiro atoms. The Morgan fingerprint density at radius 1 is 1.60 bits per heavy atom. The number of hydrazone groups is 1. The predicted molar refractivity (Wildman–Crippen MR) is 84.4 cm³/mol. The molecule has 7 heteroatoms. The van der Waals surface area contributed by atoms with Crippen LogP contribution in [0.15, 0.2) is 27.8 Å². The molecule has 4 nitrogen and oxygen atoms in total. The summed E-state index contributed by atoms with van der Waals surface area (Å²) in [5, 5.41) is 7.32. The van der Waals surface area contributed by atoms with Crippen molar-refractivity contribution in [1.29, 1.82) is 0 Å². The van der Waals surface area contributed by atoms with Gasteiger partial charge in [0.2, 0.25) is 0 Å². The fraction of sp³-hybridized carbons (Fsp3) is 0.385. The van der Waals surface area contributed by atoms with Crippen LogP contribution in [0.5, 0.6) is 0 Å². The minimum absolute atomic E-state index is 0.209. The molecule has 0 unspecified atom stereocenters. The highest BCUT2D eigenvalue weighted by Crippen LogP contribution is 2.13. The summed E-state index contributed by atoms with van der Waals surface area (Å²) in [7, 11) is 0. The van der Waals surface area contributed by atoms with Gasteiger partial charge in [0.05, 0.1) is 12.3 Å². The van der Waals surface area contributed by atoms with Gasteiger partial charge in [-0.2, -0.15) is 5.10 Å². The number of nitrogens with one attached hydrogen (secondary N) is 2. The van der Waals surface area contributed by atoms with Crippen LogP contribution in [-0.2, 0) is 4.74 Å². The second-order valence-corrected chi connectivity index (χ2v) is 5.70. The summed E-state index contributed by atoms with van der Waals surface area (Å²) in [6, 6.07) is 4.65. The average molecular weight is 360 g/mol. The Hall–Kier alpha value is -1.05. The molecule has 1 aliphatic heterocycles. The number of nitrogens with zero attached hydrogens (tertiary/aromatic N) is 1.